The first-order valence-corrected chi connectivity index (χ1v) is 23.8. The third kappa shape index (κ3) is 8.03. The van der Waals surface area contributed by atoms with Crippen molar-refractivity contribution in [3.05, 3.63) is 260 Å². The summed E-state index contributed by atoms with van der Waals surface area (Å²) >= 11 is 0. The van der Waals surface area contributed by atoms with E-state index in [2.05, 4.69) is 195 Å². The van der Waals surface area contributed by atoms with Crippen LogP contribution in [0, 0.1) is 0 Å². The van der Waals surface area contributed by atoms with Crippen LogP contribution in [0.5, 0.6) is 0 Å². The second-order valence-corrected chi connectivity index (χ2v) is 18.3. The van der Waals surface area contributed by atoms with Crippen LogP contribution in [-0.2, 0) is 5.41 Å². The Morgan fingerprint density at radius 2 is 0.571 bits per heavy atom. The maximum atomic E-state index is 5.13. The molecule has 5 nitrogen and oxygen atoms in total. The molecule has 0 aliphatic carbocycles. The number of anilines is 3. The van der Waals surface area contributed by atoms with Crippen molar-refractivity contribution in [1.29, 1.82) is 0 Å². The molecule has 0 fully saturated rings. The summed E-state index contributed by atoms with van der Waals surface area (Å²) in [6, 6.07) is 87.6. The van der Waals surface area contributed by atoms with Gasteiger partial charge in [-0.25, -0.2) is 19.9 Å². The Kier molecular flexibility index (Phi) is 10.8. The molecule has 3 heterocycles. The second kappa shape index (κ2) is 17.9. The Balaban J connectivity index is 0.978. The molecule has 0 bridgehead atoms. The average molecular weight is 898 g/mol. The van der Waals surface area contributed by atoms with Crippen LogP contribution in [0.1, 0.15) is 25.0 Å². The lowest BCUT2D eigenvalue weighted by atomic mass is 9.73. The number of fused-ring (bicyclic) bond motifs is 2. The van der Waals surface area contributed by atoms with Gasteiger partial charge in [0, 0.05) is 44.5 Å². The van der Waals surface area contributed by atoms with Gasteiger partial charge in [0.1, 0.15) is 0 Å². The zero-order valence-electron chi connectivity index (χ0n) is 38.9. The maximum Gasteiger partial charge on any atom is 0.160 e. The SMILES string of the molecule is CC1(C)c2ccccc2N(c2cc(-c3ccc(-c4cc(-c5ccccc5)nc(-c5ccccc5)n4)cc3)cc(-c3ccc(-c4cc(-c5ccccc5)nc(-c5ccccc5)n4)cc3)c2)c2ccccc21. The molecular weight excluding hydrogens is 851 g/mol. The van der Waals surface area contributed by atoms with Gasteiger partial charge in [-0.15, -0.1) is 0 Å². The fourth-order valence-electron chi connectivity index (χ4n) is 9.82. The standard InChI is InChI=1S/C65H47N5/c1-65(2)55-27-15-17-29-61(55)70(62-30-18-16-28-56(62)65)54-40-52(44-31-35-48(36-32-44)59-42-57(46-19-7-3-8-20-46)66-63(68-59)50-23-11-5-12-24-50)39-53(41-54)45-33-37-49(38-34-45)60-43-58(47-21-9-4-10-22-47)67-64(69-60)51-25-13-6-14-26-51/h3-43H,1-2H3. The van der Waals surface area contributed by atoms with Gasteiger partial charge in [-0.1, -0.05) is 220 Å². The quantitative estimate of drug-likeness (QED) is 0.144. The molecule has 0 spiro atoms. The van der Waals surface area contributed by atoms with E-state index in [1.807, 2.05) is 72.8 Å². The second-order valence-electron chi connectivity index (χ2n) is 18.3. The minimum Gasteiger partial charge on any atom is -0.310 e. The van der Waals surface area contributed by atoms with E-state index in [4.69, 9.17) is 19.9 Å². The summed E-state index contributed by atoms with van der Waals surface area (Å²) in [6.45, 7) is 4.67. The molecule has 332 valence electrons. The van der Waals surface area contributed by atoms with E-state index in [1.54, 1.807) is 0 Å². The molecule has 0 unspecified atom stereocenters. The number of hydrogen-bond acceptors (Lipinski definition) is 5. The van der Waals surface area contributed by atoms with E-state index in [0.29, 0.717) is 11.6 Å². The number of hydrogen-bond donors (Lipinski definition) is 0. The summed E-state index contributed by atoms with van der Waals surface area (Å²) in [4.78, 5) is 22.8. The van der Waals surface area contributed by atoms with Crippen LogP contribution in [0.2, 0.25) is 0 Å². The van der Waals surface area contributed by atoms with E-state index in [1.165, 1.54) is 22.5 Å². The molecule has 11 aromatic rings. The van der Waals surface area contributed by atoms with Gasteiger partial charge < -0.3 is 4.90 Å². The highest BCUT2D eigenvalue weighted by Crippen LogP contribution is 2.52. The van der Waals surface area contributed by atoms with Gasteiger partial charge in [0.05, 0.1) is 34.2 Å². The van der Waals surface area contributed by atoms with E-state index in [0.717, 1.165) is 84.1 Å². The Hall–Kier alpha value is -9.06. The topological polar surface area (TPSA) is 54.8 Å². The average Bonchev–Trinajstić information content (AvgIpc) is 3.44. The van der Waals surface area contributed by atoms with Gasteiger partial charge in [0.15, 0.2) is 11.6 Å². The zero-order chi connectivity index (χ0) is 47.0. The fourth-order valence-corrected chi connectivity index (χ4v) is 9.82. The van der Waals surface area contributed by atoms with E-state index >= 15 is 0 Å². The van der Waals surface area contributed by atoms with Crippen molar-refractivity contribution in [2.75, 3.05) is 4.90 Å². The lowest BCUT2D eigenvalue weighted by molar-refractivity contribution is 0.632. The summed E-state index contributed by atoms with van der Waals surface area (Å²) < 4.78 is 0. The third-order valence-corrected chi connectivity index (χ3v) is 13.5. The van der Waals surface area contributed by atoms with Gasteiger partial charge >= 0.3 is 0 Å². The number of aromatic nitrogens is 4. The van der Waals surface area contributed by atoms with Crippen molar-refractivity contribution in [3.8, 4) is 90.1 Å². The number of benzene rings is 9. The molecule has 0 N–H and O–H groups in total. The molecule has 2 aromatic heterocycles. The van der Waals surface area contributed by atoms with Gasteiger partial charge in [0.2, 0.25) is 0 Å². The molecule has 0 amide bonds. The molecule has 1 aliphatic heterocycles. The first kappa shape index (κ1) is 42.3. The van der Waals surface area contributed by atoms with E-state index < -0.39 is 0 Å². The predicted molar refractivity (Wildman–Crippen MR) is 288 cm³/mol. The number of nitrogens with zero attached hydrogens (tertiary/aromatic N) is 5. The molecule has 0 saturated heterocycles. The fraction of sp³-hybridized carbons (Fsp3) is 0.0462. The van der Waals surface area contributed by atoms with Gasteiger partial charge in [-0.3, -0.25) is 0 Å². The first-order chi connectivity index (χ1) is 34.4. The van der Waals surface area contributed by atoms with Crippen molar-refractivity contribution < 1.29 is 0 Å². The molecule has 0 saturated carbocycles. The van der Waals surface area contributed by atoms with Crippen molar-refractivity contribution in [2.24, 2.45) is 0 Å². The van der Waals surface area contributed by atoms with Crippen molar-refractivity contribution in [3.63, 3.8) is 0 Å². The van der Waals surface area contributed by atoms with Gasteiger partial charge in [-0.2, -0.15) is 0 Å². The Morgan fingerprint density at radius 1 is 0.271 bits per heavy atom. The highest BCUT2D eigenvalue weighted by Gasteiger charge is 2.36. The van der Waals surface area contributed by atoms with Crippen molar-refractivity contribution >= 4 is 17.1 Å². The first-order valence-electron chi connectivity index (χ1n) is 23.8. The van der Waals surface area contributed by atoms with Crippen LogP contribution in [0.4, 0.5) is 17.1 Å². The minimum absolute atomic E-state index is 0.181. The predicted octanol–water partition coefficient (Wildman–Crippen LogP) is 16.7. The Labute approximate surface area is 409 Å². The van der Waals surface area contributed by atoms with Crippen LogP contribution >= 0.6 is 0 Å². The highest BCUT2D eigenvalue weighted by atomic mass is 15.2. The van der Waals surface area contributed by atoms with Crippen LogP contribution in [0.3, 0.4) is 0 Å². The molecule has 9 aromatic carbocycles. The summed E-state index contributed by atoms with van der Waals surface area (Å²) in [6.07, 6.45) is 0. The van der Waals surface area contributed by atoms with Crippen LogP contribution in [0.15, 0.2) is 249 Å². The molecule has 1 aliphatic rings. The lowest BCUT2D eigenvalue weighted by Gasteiger charge is -2.42. The van der Waals surface area contributed by atoms with E-state index in [-0.39, 0.29) is 5.41 Å². The maximum absolute atomic E-state index is 5.13. The number of para-hydroxylation sites is 2. The highest BCUT2D eigenvalue weighted by molar-refractivity contribution is 5.90. The minimum atomic E-state index is -0.181. The summed E-state index contributed by atoms with van der Waals surface area (Å²) in [7, 11) is 0. The third-order valence-electron chi connectivity index (χ3n) is 13.5. The van der Waals surface area contributed by atoms with Crippen LogP contribution in [0.25, 0.3) is 90.1 Å². The normalized spacial score (nSPS) is 12.5. The van der Waals surface area contributed by atoms with Gasteiger partial charge in [0.25, 0.3) is 0 Å². The molecule has 12 rings (SSSR count). The molecule has 5 heteroatoms. The van der Waals surface area contributed by atoms with E-state index in [9.17, 15) is 0 Å². The van der Waals surface area contributed by atoms with Crippen LogP contribution in [-0.4, -0.2) is 19.9 Å². The zero-order valence-corrected chi connectivity index (χ0v) is 38.9. The Bertz CT molecular complexity index is 3300. The summed E-state index contributed by atoms with van der Waals surface area (Å²) in [5.41, 5.74) is 19.9. The van der Waals surface area contributed by atoms with Crippen molar-refractivity contribution in [1.82, 2.24) is 19.9 Å². The van der Waals surface area contributed by atoms with Crippen molar-refractivity contribution in [2.45, 2.75) is 19.3 Å². The summed E-state index contributed by atoms with van der Waals surface area (Å²) in [5.74, 6) is 1.39. The Morgan fingerprint density at radius 3 is 0.943 bits per heavy atom. The van der Waals surface area contributed by atoms with Crippen LogP contribution < -0.4 is 4.90 Å². The smallest absolute Gasteiger partial charge is 0.160 e. The number of rotatable bonds is 9. The molecular formula is C65H47N5. The molecule has 0 radical (unpaired) electrons. The monoisotopic (exact) mass is 897 g/mol. The molecule has 0 atom stereocenters. The van der Waals surface area contributed by atoms with Gasteiger partial charge in [-0.05, 0) is 75.8 Å². The summed E-state index contributed by atoms with van der Waals surface area (Å²) in [5, 5.41) is 0. The largest absolute Gasteiger partial charge is 0.310 e. The lowest BCUT2D eigenvalue weighted by Crippen LogP contribution is -2.30. The molecule has 70 heavy (non-hydrogen) atoms.